The van der Waals surface area contributed by atoms with Crippen molar-refractivity contribution in [1.82, 2.24) is 9.88 Å². The van der Waals surface area contributed by atoms with Crippen LogP contribution in [0.25, 0.3) is 0 Å². The molecule has 0 bridgehead atoms. The van der Waals surface area contributed by atoms with Crippen LogP contribution in [0.3, 0.4) is 0 Å². The average Bonchev–Trinajstić information content (AvgIpc) is 3.81. The van der Waals surface area contributed by atoms with Crippen molar-refractivity contribution in [3.8, 4) is 0 Å². The maximum absolute atomic E-state index is 14.2. The molecule has 47 heavy (non-hydrogen) atoms. The summed E-state index contributed by atoms with van der Waals surface area (Å²) in [6, 6.07) is 27.5. The normalized spacial score (nSPS) is 27.3. The largest absolute Gasteiger partial charge is 0.404 e. The van der Waals surface area contributed by atoms with Gasteiger partial charge in [-0.3, -0.25) is 9.69 Å². The van der Waals surface area contributed by atoms with Crippen LogP contribution in [-0.2, 0) is 9.22 Å². The lowest BCUT2D eigenvalue weighted by molar-refractivity contribution is -0.128. The second kappa shape index (κ2) is 12.8. The first-order valence-corrected chi connectivity index (χ1v) is 20.1. The van der Waals surface area contributed by atoms with Crippen LogP contribution >= 0.6 is 0 Å². The van der Waals surface area contributed by atoms with E-state index in [9.17, 15) is 4.79 Å². The number of hydrogen-bond donors (Lipinski definition) is 0. The van der Waals surface area contributed by atoms with Gasteiger partial charge in [-0.05, 0) is 99.3 Å². The van der Waals surface area contributed by atoms with Crippen LogP contribution < -0.4 is 20.2 Å². The molecule has 3 aromatic rings. The van der Waals surface area contributed by atoms with Crippen LogP contribution in [0.15, 0.2) is 72.8 Å². The van der Waals surface area contributed by atoms with Gasteiger partial charge in [-0.15, -0.1) is 0 Å². The molecule has 6 nitrogen and oxygen atoms in total. The number of aryl methyl sites for hydroxylation is 1. The molecule has 2 unspecified atom stereocenters. The molecule has 250 valence electrons. The summed E-state index contributed by atoms with van der Waals surface area (Å²) in [7, 11) is -2.62. The Labute approximate surface area is 283 Å². The molecule has 1 aliphatic carbocycles. The minimum atomic E-state index is -2.62. The first-order valence-electron chi connectivity index (χ1n) is 18.2. The number of benzene rings is 2. The molecule has 0 radical (unpaired) electrons. The second-order valence-corrected chi connectivity index (χ2v) is 20.1. The number of anilines is 2. The summed E-state index contributed by atoms with van der Waals surface area (Å²) in [5.41, 5.74) is 1.67. The van der Waals surface area contributed by atoms with Crippen LogP contribution in [-0.4, -0.2) is 68.5 Å². The lowest BCUT2D eigenvalue weighted by Crippen LogP contribution is -2.68. The number of pyridine rings is 1. The van der Waals surface area contributed by atoms with Gasteiger partial charge in [0, 0.05) is 37.8 Å². The van der Waals surface area contributed by atoms with E-state index in [1.807, 2.05) is 4.90 Å². The van der Waals surface area contributed by atoms with Gasteiger partial charge in [-0.2, -0.15) is 0 Å². The van der Waals surface area contributed by atoms with Crippen molar-refractivity contribution in [3.63, 3.8) is 0 Å². The summed E-state index contributed by atoms with van der Waals surface area (Å²) >= 11 is 0. The summed E-state index contributed by atoms with van der Waals surface area (Å²) in [6.07, 6.45) is 8.54. The Morgan fingerprint density at radius 1 is 0.830 bits per heavy atom. The molecule has 7 heteroatoms. The maximum Gasteiger partial charge on any atom is 0.261 e. The molecule has 1 amide bonds. The third-order valence-corrected chi connectivity index (χ3v) is 17.1. The fourth-order valence-electron chi connectivity index (χ4n) is 9.44. The first-order chi connectivity index (χ1) is 22.6. The van der Waals surface area contributed by atoms with Gasteiger partial charge >= 0.3 is 0 Å². The van der Waals surface area contributed by atoms with Gasteiger partial charge in [0.05, 0.1) is 16.8 Å². The number of hydrogen-bond acceptors (Lipinski definition) is 5. The predicted molar refractivity (Wildman–Crippen MR) is 195 cm³/mol. The molecule has 4 fully saturated rings. The third kappa shape index (κ3) is 5.87. The Morgan fingerprint density at radius 3 is 2.06 bits per heavy atom. The lowest BCUT2D eigenvalue weighted by Gasteiger charge is -2.47. The van der Waals surface area contributed by atoms with Crippen LogP contribution in [0.4, 0.5) is 11.5 Å². The van der Waals surface area contributed by atoms with Gasteiger partial charge in [0.1, 0.15) is 5.82 Å². The zero-order chi connectivity index (χ0) is 32.8. The highest BCUT2D eigenvalue weighted by molar-refractivity contribution is 6.99. The van der Waals surface area contributed by atoms with Gasteiger partial charge in [0.2, 0.25) is 5.91 Å². The first kappa shape index (κ1) is 32.5. The van der Waals surface area contributed by atoms with E-state index in [-0.39, 0.29) is 16.6 Å². The monoisotopic (exact) mass is 650 g/mol. The summed E-state index contributed by atoms with van der Waals surface area (Å²) in [4.78, 5) is 26.5. The fourth-order valence-corrected chi connectivity index (χ4v) is 14.2. The van der Waals surface area contributed by atoms with E-state index in [1.165, 1.54) is 36.2 Å². The number of rotatable bonds is 7. The van der Waals surface area contributed by atoms with Crippen molar-refractivity contribution in [3.05, 3.63) is 78.5 Å². The number of carbonyl (C=O) groups is 1. The van der Waals surface area contributed by atoms with Crippen molar-refractivity contribution in [2.45, 2.75) is 109 Å². The van der Waals surface area contributed by atoms with Gasteiger partial charge in [-0.25, -0.2) is 4.98 Å². The minimum absolute atomic E-state index is 0.0515. The molecule has 2 atom stereocenters. The molecule has 1 aromatic heterocycles. The summed E-state index contributed by atoms with van der Waals surface area (Å²) in [5.74, 6) is 1.35. The summed E-state index contributed by atoms with van der Waals surface area (Å²) in [5, 5.41) is 2.59. The molecule has 2 aromatic carbocycles. The Morgan fingerprint density at radius 2 is 1.49 bits per heavy atom. The lowest BCUT2D eigenvalue weighted by atomic mass is 9.72. The highest BCUT2D eigenvalue weighted by Gasteiger charge is 2.54. The van der Waals surface area contributed by atoms with E-state index in [0.29, 0.717) is 18.0 Å². The predicted octanol–water partition coefficient (Wildman–Crippen LogP) is 6.70. The third-order valence-electron chi connectivity index (χ3n) is 12.1. The molecule has 1 spiro atoms. The van der Waals surface area contributed by atoms with Crippen LogP contribution in [0.1, 0.15) is 84.8 Å². The second-order valence-electron chi connectivity index (χ2n) is 15.9. The fraction of sp³-hybridized carbons (Fsp3) is 0.550. The summed E-state index contributed by atoms with van der Waals surface area (Å²) < 4.78 is 7.49. The van der Waals surface area contributed by atoms with E-state index < -0.39 is 8.32 Å². The maximum atomic E-state index is 14.2. The Balaban J connectivity index is 1.04. The van der Waals surface area contributed by atoms with Crippen molar-refractivity contribution in [1.29, 1.82) is 0 Å². The molecule has 1 saturated carbocycles. The smallest absolute Gasteiger partial charge is 0.261 e. The molecular weight excluding hydrogens is 597 g/mol. The van der Waals surface area contributed by atoms with Crippen molar-refractivity contribution >= 4 is 36.1 Å². The minimum Gasteiger partial charge on any atom is -0.404 e. The highest BCUT2D eigenvalue weighted by atomic mass is 28.4. The SMILES string of the molecule is Cc1nc(N2CCC(N3CCCC3C)C2)ccc1N1CCC2(CCC(O[Si](c3ccccc3)(c3ccccc3)C(C)(C)C)CC2)C1=O. The summed E-state index contributed by atoms with van der Waals surface area (Å²) in [6.45, 7) is 15.6. The highest BCUT2D eigenvalue weighted by Crippen LogP contribution is 2.48. The van der Waals surface area contributed by atoms with E-state index in [1.54, 1.807) is 0 Å². The number of nitrogens with zero attached hydrogens (tertiary/aromatic N) is 4. The van der Waals surface area contributed by atoms with E-state index in [2.05, 4.69) is 117 Å². The number of amides is 1. The van der Waals surface area contributed by atoms with Gasteiger partial charge in [0.25, 0.3) is 8.32 Å². The number of carbonyl (C=O) groups excluding carboxylic acids is 1. The van der Waals surface area contributed by atoms with Gasteiger partial charge in [-0.1, -0.05) is 81.4 Å². The average molecular weight is 651 g/mol. The van der Waals surface area contributed by atoms with Crippen LogP contribution in [0, 0.1) is 12.3 Å². The molecular formula is C40H54N4O2Si. The Hall–Kier alpha value is -3.00. The van der Waals surface area contributed by atoms with Gasteiger partial charge in [0.15, 0.2) is 0 Å². The quantitative estimate of drug-likeness (QED) is 0.267. The number of likely N-dealkylation sites (tertiary alicyclic amines) is 1. The van der Waals surface area contributed by atoms with Crippen molar-refractivity contribution in [2.24, 2.45) is 5.41 Å². The Bertz CT molecular complexity index is 1510. The van der Waals surface area contributed by atoms with Crippen molar-refractivity contribution < 1.29 is 9.22 Å². The molecule has 7 rings (SSSR count). The zero-order valence-corrected chi connectivity index (χ0v) is 30.3. The molecule has 3 aliphatic heterocycles. The standard InChI is InChI=1S/C40H54N4O2Si/c1-30-13-12-26-43(30)32-22-27-42(29-32)37-19-18-36(31(2)41-37)44-28-25-40(38(44)45)23-20-33(21-24-40)46-47(39(3,4)5,34-14-8-6-9-15-34)35-16-10-7-11-17-35/h6-11,14-19,30,32-33H,12-13,20-29H2,1-5H3. The molecule has 0 N–H and O–H groups in total. The molecule has 3 saturated heterocycles. The van der Waals surface area contributed by atoms with Crippen molar-refractivity contribution in [2.75, 3.05) is 36.0 Å². The van der Waals surface area contributed by atoms with E-state index in [4.69, 9.17) is 9.41 Å². The molecule has 4 heterocycles. The number of aromatic nitrogens is 1. The van der Waals surface area contributed by atoms with Gasteiger partial charge < -0.3 is 14.2 Å². The molecule has 4 aliphatic rings. The topological polar surface area (TPSA) is 48.9 Å². The van der Waals surface area contributed by atoms with Crippen LogP contribution in [0.5, 0.6) is 0 Å². The van der Waals surface area contributed by atoms with E-state index >= 15 is 0 Å². The zero-order valence-electron chi connectivity index (χ0n) is 29.3. The Kier molecular flexibility index (Phi) is 8.86. The van der Waals surface area contributed by atoms with Crippen LogP contribution in [0.2, 0.25) is 5.04 Å². The van der Waals surface area contributed by atoms with E-state index in [0.717, 1.165) is 68.9 Å².